The van der Waals surface area contributed by atoms with Crippen LogP contribution in [0.3, 0.4) is 0 Å². The van der Waals surface area contributed by atoms with Gasteiger partial charge in [-0.15, -0.1) is 0 Å². The zero-order chi connectivity index (χ0) is 26.5. The van der Waals surface area contributed by atoms with Gasteiger partial charge in [0.1, 0.15) is 0 Å². The highest BCUT2D eigenvalue weighted by molar-refractivity contribution is 6.21. The van der Waals surface area contributed by atoms with Crippen molar-refractivity contribution in [1.82, 2.24) is 19.9 Å². The Bertz CT molecular complexity index is 2150. The maximum atomic E-state index is 5.24. The molecule has 4 aromatic heterocycles. The van der Waals surface area contributed by atoms with Crippen molar-refractivity contribution < 1.29 is 0 Å². The SMILES string of the molecule is c1cncc(-c2ccc(-c3c4ccccc4c(-c4ccc5ccc6cccnc6c5n4)c4ccccc34)cn2)c1. The van der Waals surface area contributed by atoms with Crippen LogP contribution in [0.1, 0.15) is 0 Å². The first kappa shape index (κ1) is 22.5. The van der Waals surface area contributed by atoms with Gasteiger partial charge in [0, 0.05) is 52.3 Å². The summed E-state index contributed by atoms with van der Waals surface area (Å²) in [4.78, 5) is 19.0. The number of nitrogens with zero attached hydrogens (tertiary/aromatic N) is 4. The first-order chi connectivity index (χ1) is 19.8. The molecule has 186 valence electrons. The fraction of sp³-hybridized carbons (Fsp3) is 0. The highest BCUT2D eigenvalue weighted by Gasteiger charge is 2.18. The maximum absolute atomic E-state index is 5.24. The van der Waals surface area contributed by atoms with Gasteiger partial charge in [-0.25, -0.2) is 4.98 Å². The lowest BCUT2D eigenvalue weighted by atomic mass is 9.87. The monoisotopic (exact) mass is 510 g/mol. The van der Waals surface area contributed by atoms with Gasteiger partial charge < -0.3 is 0 Å². The maximum Gasteiger partial charge on any atom is 0.0972 e. The molecule has 0 amide bonds. The van der Waals surface area contributed by atoms with E-state index < -0.39 is 0 Å². The summed E-state index contributed by atoms with van der Waals surface area (Å²) in [7, 11) is 0. The highest BCUT2D eigenvalue weighted by Crippen LogP contribution is 2.43. The largest absolute Gasteiger partial charge is 0.264 e. The zero-order valence-electron chi connectivity index (χ0n) is 21.5. The standard InChI is InChI=1S/C36H22N4/c1-3-11-29-27(9-1)33(26-16-17-31(39-22-26)25-8-5-19-37-21-25)28-10-2-4-12-30(28)34(29)32-18-15-24-14-13-23-7-6-20-38-35(23)36(24)40-32/h1-22H. The number of aromatic nitrogens is 4. The Morgan fingerprint density at radius 3 is 1.73 bits per heavy atom. The smallest absolute Gasteiger partial charge is 0.0972 e. The highest BCUT2D eigenvalue weighted by atomic mass is 14.8. The average molecular weight is 511 g/mol. The number of hydrogen-bond donors (Lipinski definition) is 0. The number of fused-ring (bicyclic) bond motifs is 5. The van der Waals surface area contributed by atoms with E-state index in [0.717, 1.165) is 60.7 Å². The molecule has 4 aromatic carbocycles. The Kier molecular flexibility index (Phi) is 5.10. The summed E-state index contributed by atoms with van der Waals surface area (Å²) in [6.45, 7) is 0. The van der Waals surface area contributed by atoms with Crippen LogP contribution < -0.4 is 0 Å². The van der Waals surface area contributed by atoms with Crippen LogP contribution in [0, 0.1) is 0 Å². The van der Waals surface area contributed by atoms with Gasteiger partial charge in [-0.1, -0.05) is 78.9 Å². The molecule has 0 atom stereocenters. The van der Waals surface area contributed by atoms with Gasteiger partial charge in [0.15, 0.2) is 0 Å². The van der Waals surface area contributed by atoms with E-state index in [2.05, 4.69) is 101 Å². The van der Waals surface area contributed by atoms with Crippen molar-refractivity contribution >= 4 is 43.4 Å². The summed E-state index contributed by atoms with van der Waals surface area (Å²) >= 11 is 0. The molecule has 0 bridgehead atoms. The molecule has 0 saturated heterocycles. The second kappa shape index (κ2) is 9.07. The summed E-state index contributed by atoms with van der Waals surface area (Å²) in [6.07, 6.45) is 7.43. The van der Waals surface area contributed by atoms with Crippen LogP contribution in [0.25, 0.3) is 77.0 Å². The molecule has 4 nitrogen and oxygen atoms in total. The van der Waals surface area contributed by atoms with Crippen LogP contribution in [0.2, 0.25) is 0 Å². The molecule has 4 heterocycles. The van der Waals surface area contributed by atoms with Crippen molar-refractivity contribution in [2.45, 2.75) is 0 Å². The van der Waals surface area contributed by atoms with E-state index >= 15 is 0 Å². The lowest BCUT2D eigenvalue weighted by Gasteiger charge is -2.17. The predicted molar refractivity (Wildman–Crippen MR) is 164 cm³/mol. The molecule has 8 aromatic rings. The second-order valence-corrected chi connectivity index (χ2v) is 9.92. The minimum Gasteiger partial charge on any atom is -0.264 e. The van der Waals surface area contributed by atoms with Crippen molar-refractivity contribution in [2.24, 2.45) is 0 Å². The van der Waals surface area contributed by atoms with Gasteiger partial charge in [-0.3, -0.25) is 15.0 Å². The minimum absolute atomic E-state index is 0.906. The molecule has 0 aliphatic heterocycles. The number of benzene rings is 4. The summed E-state index contributed by atoms with van der Waals surface area (Å²) in [5.41, 5.74) is 8.07. The van der Waals surface area contributed by atoms with E-state index in [1.165, 1.54) is 16.3 Å². The summed E-state index contributed by atoms with van der Waals surface area (Å²) in [6, 6.07) is 38.0. The Morgan fingerprint density at radius 2 is 1.05 bits per heavy atom. The number of rotatable bonds is 3. The fourth-order valence-electron chi connectivity index (χ4n) is 5.81. The van der Waals surface area contributed by atoms with E-state index in [1.807, 2.05) is 36.8 Å². The van der Waals surface area contributed by atoms with Gasteiger partial charge in [0.05, 0.1) is 22.4 Å². The van der Waals surface area contributed by atoms with Crippen molar-refractivity contribution in [1.29, 1.82) is 0 Å². The summed E-state index contributed by atoms with van der Waals surface area (Å²) < 4.78 is 0. The molecule has 0 aliphatic carbocycles. The summed E-state index contributed by atoms with van der Waals surface area (Å²) in [5, 5.41) is 6.84. The van der Waals surface area contributed by atoms with Gasteiger partial charge in [-0.05, 0) is 57.4 Å². The molecule has 0 aliphatic rings. The Hall–Kier alpha value is -5.48. The van der Waals surface area contributed by atoms with Gasteiger partial charge in [0.25, 0.3) is 0 Å². The van der Waals surface area contributed by atoms with Crippen LogP contribution in [0.15, 0.2) is 134 Å². The molecule has 0 saturated carbocycles. The predicted octanol–water partition coefficient (Wildman–Crippen LogP) is 8.88. The summed E-state index contributed by atoms with van der Waals surface area (Å²) in [5.74, 6) is 0. The molecule has 0 unspecified atom stereocenters. The van der Waals surface area contributed by atoms with Crippen LogP contribution in [0.5, 0.6) is 0 Å². The molecule has 0 radical (unpaired) electrons. The van der Waals surface area contributed by atoms with Crippen LogP contribution >= 0.6 is 0 Å². The third-order valence-electron chi connectivity index (χ3n) is 7.63. The van der Waals surface area contributed by atoms with E-state index in [-0.39, 0.29) is 0 Å². The van der Waals surface area contributed by atoms with E-state index in [0.29, 0.717) is 0 Å². The molecular weight excluding hydrogens is 488 g/mol. The molecular formula is C36H22N4. The lowest BCUT2D eigenvalue weighted by molar-refractivity contribution is 1.28. The van der Waals surface area contributed by atoms with Crippen molar-refractivity contribution in [3.8, 4) is 33.6 Å². The van der Waals surface area contributed by atoms with E-state index in [4.69, 9.17) is 9.97 Å². The fourth-order valence-corrected chi connectivity index (χ4v) is 5.81. The van der Waals surface area contributed by atoms with E-state index in [1.54, 1.807) is 6.20 Å². The lowest BCUT2D eigenvalue weighted by Crippen LogP contribution is -1.94. The Balaban J connectivity index is 1.40. The van der Waals surface area contributed by atoms with E-state index in [9.17, 15) is 0 Å². The Labute approximate surface area is 230 Å². The van der Waals surface area contributed by atoms with Crippen LogP contribution in [-0.4, -0.2) is 19.9 Å². The van der Waals surface area contributed by atoms with Crippen LogP contribution in [-0.2, 0) is 0 Å². The minimum atomic E-state index is 0.906. The van der Waals surface area contributed by atoms with Crippen LogP contribution in [0.4, 0.5) is 0 Å². The third-order valence-corrected chi connectivity index (χ3v) is 7.63. The molecule has 8 rings (SSSR count). The number of pyridine rings is 4. The normalized spacial score (nSPS) is 11.5. The van der Waals surface area contributed by atoms with Crippen molar-refractivity contribution in [3.63, 3.8) is 0 Å². The quantitative estimate of drug-likeness (QED) is 0.176. The van der Waals surface area contributed by atoms with Gasteiger partial charge in [-0.2, -0.15) is 0 Å². The molecule has 0 N–H and O–H groups in total. The molecule has 0 spiro atoms. The third kappa shape index (κ3) is 3.54. The molecule has 40 heavy (non-hydrogen) atoms. The number of hydrogen-bond acceptors (Lipinski definition) is 4. The molecule has 0 fully saturated rings. The van der Waals surface area contributed by atoms with Crippen molar-refractivity contribution in [3.05, 3.63) is 134 Å². The first-order valence-corrected chi connectivity index (χ1v) is 13.3. The second-order valence-electron chi connectivity index (χ2n) is 9.92. The van der Waals surface area contributed by atoms with Crippen molar-refractivity contribution in [2.75, 3.05) is 0 Å². The zero-order valence-corrected chi connectivity index (χ0v) is 21.5. The topological polar surface area (TPSA) is 51.6 Å². The van der Waals surface area contributed by atoms with Gasteiger partial charge in [0.2, 0.25) is 0 Å². The first-order valence-electron chi connectivity index (χ1n) is 13.3. The average Bonchev–Trinajstić information content (AvgIpc) is 3.04. The molecule has 4 heteroatoms. The Morgan fingerprint density at radius 1 is 0.400 bits per heavy atom. The van der Waals surface area contributed by atoms with Gasteiger partial charge >= 0.3 is 0 Å².